The van der Waals surface area contributed by atoms with E-state index in [4.69, 9.17) is 9.72 Å². The molecule has 0 spiro atoms. The van der Waals surface area contributed by atoms with Crippen molar-refractivity contribution in [1.29, 1.82) is 0 Å². The van der Waals surface area contributed by atoms with Crippen molar-refractivity contribution in [3.05, 3.63) is 222 Å². The van der Waals surface area contributed by atoms with E-state index in [2.05, 4.69) is 248 Å². The standard InChI is InChI=1S/C62H59N4O.Pt/c1-59(2,3)44-32-33-63-58(38-44)66-56-37-45(61(7,8)42-20-13-11-14-21-42)28-30-52(56)53-31-29-51(40-57(53)66)67-50-25-19-24-48(39-50)64-41-65(55-27-18-17-26-54(55)64)49-35-46(60(4,5)6)34-47(36-49)62(9,10)43-22-15-12-16-23-43;/h11-38,41H,1-10H3;/q-3;. The Kier molecular flexibility index (Phi) is 12.1. The second kappa shape index (κ2) is 17.6. The molecule has 68 heavy (non-hydrogen) atoms. The Bertz CT molecular complexity index is 3280. The molecule has 0 fully saturated rings. The van der Waals surface area contributed by atoms with Crippen molar-refractivity contribution in [3.8, 4) is 17.3 Å². The normalized spacial score (nSPS) is 13.2. The fourth-order valence-electron chi connectivity index (χ4n) is 9.47. The Hall–Kier alpha value is -6.42. The van der Waals surface area contributed by atoms with Crippen molar-refractivity contribution in [2.45, 2.75) is 90.9 Å². The second-order valence-electron chi connectivity index (χ2n) is 21.2. The van der Waals surface area contributed by atoms with Crippen LogP contribution in [0.4, 0.5) is 22.7 Å². The van der Waals surface area contributed by atoms with Crippen LogP contribution in [-0.2, 0) is 42.7 Å². The molecule has 346 valence electrons. The van der Waals surface area contributed by atoms with Crippen molar-refractivity contribution in [1.82, 2.24) is 9.55 Å². The minimum absolute atomic E-state index is 0. The van der Waals surface area contributed by atoms with Gasteiger partial charge in [-0.05, 0) is 92.1 Å². The summed E-state index contributed by atoms with van der Waals surface area (Å²) in [6, 6.07) is 66.0. The molecule has 0 atom stereocenters. The van der Waals surface area contributed by atoms with Gasteiger partial charge in [0.2, 0.25) is 0 Å². The minimum Gasteiger partial charge on any atom is -0.509 e. The summed E-state index contributed by atoms with van der Waals surface area (Å²) in [5.74, 6) is 2.05. The predicted octanol–water partition coefficient (Wildman–Crippen LogP) is 16.2. The van der Waals surface area contributed by atoms with E-state index in [0.29, 0.717) is 11.5 Å². The smallest absolute Gasteiger partial charge is 0.135 e. The van der Waals surface area contributed by atoms with Crippen LogP contribution in [0.1, 0.15) is 103 Å². The minimum atomic E-state index is -0.223. The zero-order valence-corrected chi connectivity index (χ0v) is 43.0. The van der Waals surface area contributed by atoms with Crippen LogP contribution in [0.3, 0.4) is 0 Å². The molecule has 5 nitrogen and oxygen atoms in total. The maximum atomic E-state index is 6.74. The summed E-state index contributed by atoms with van der Waals surface area (Å²) in [4.78, 5) is 9.51. The van der Waals surface area contributed by atoms with Gasteiger partial charge in [-0.3, -0.25) is 0 Å². The Morgan fingerprint density at radius 1 is 0.471 bits per heavy atom. The molecule has 7 aromatic carbocycles. The molecule has 9 aromatic rings. The van der Waals surface area contributed by atoms with Gasteiger partial charge in [0.05, 0.1) is 0 Å². The van der Waals surface area contributed by atoms with Gasteiger partial charge in [-0.15, -0.1) is 48.1 Å². The Labute approximate surface area is 417 Å². The van der Waals surface area contributed by atoms with Gasteiger partial charge in [-0.25, -0.2) is 4.98 Å². The quantitative estimate of drug-likeness (QED) is 0.135. The summed E-state index contributed by atoms with van der Waals surface area (Å²) < 4.78 is 8.99. The third-order valence-electron chi connectivity index (χ3n) is 13.9. The first-order valence-corrected chi connectivity index (χ1v) is 23.4. The number of nitrogens with zero attached hydrogens (tertiary/aromatic N) is 4. The average Bonchev–Trinajstić information content (AvgIpc) is 3.87. The summed E-state index contributed by atoms with van der Waals surface area (Å²) in [5, 5.41) is 2.22. The van der Waals surface area contributed by atoms with Gasteiger partial charge in [-0.1, -0.05) is 166 Å². The second-order valence-corrected chi connectivity index (χ2v) is 21.2. The van der Waals surface area contributed by atoms with Crippen molar-refractivity contribution in [2.24, 2.45) is 0 Å². The monoisotopic (exact) mass is 1070 g/mol. The summed E-state index contributed by atoms with van der Waals surface area (Å²) in [6.45, 7) is 25.0. The van der Waals surface area contributed by atoms with E-state index >= 15 is 0 Å². The first-order valence-electron chi connectivity index (χ1n) is 23.4. The SMILES string of the molecule is CC(C)(C)c1cc(N2[CH-]N(c3[c-]c(Oc4[c-]c5c(cc4)c4ccc(C(C)(C)c6ccccc6)cc4n5-c4cc(C(C)(C)C)ccn4)ccc3)c3ccccc32)cc(C(C)(C)c2ccccc2)c1.[Pt]. The third-order valence-corrected chi connectivity index (χ3v) is 13.9. The molecule has 0 saturated heterocycles. The van der Waals surface area contributed by atoms with Gasteiger partial charge in [0.15, 0.2) is 0 Å². The van der Waals surface area contributed by atoms with Crippen LogP contribution >= 0.6 is 0 Å². The maximum Gasteiger partial charge on any atom is 0.135 e. The van der Waals surface area contributed by atoms with Gasteiger partial charge >= 0.3 is 0 Å². The van der Waals surface area contributed by atoms with E-state index in [1.54, 1.807) is 0 Å². The van der Waals surface area contributed by atoms with Crippen LogP contribution in [0, 0.1) is 18.8 Å². The number of aromatic nitrogens is 2. The van der Waals surface area contributed by atoms with E-state index in [1.807, 2.05) is 24.4 Å². The molecule has 0 unspecified atom stereocenters. The van der Waals surface area contributed by atoms with Crippen LogP contribution in [0.2, 0.25) is 0 Å². The zero-order chi connectivity index (χ0) is 46.9. The molecule has 0 aliphatic carbocycles. The Morgan fingerprint density at radius 3 is 1.72 bits per heavy atom. The predicted molar refractivity (Wildman–Crippen MR) is 279 cm³/mol. The number of pyridine rings is 1. The summed E-state index contributed by atoms with van der Waals surface area (Å²) >= 11 is 0. The third kappa shape index (κ3) is 8.56. The molecule has 0 bridgehead atoms. The molecule has 1 aliphatic heterocycles. The molecule has 0 saturated carbocycles. The molecular weight excluding hydrogens is 1010 g/mol. The van der Waals surface area contributed by atoms with Crippen LogP contribution in [-0.4, -0.2) is 9.55 Å². The van der Waals surface area contributed by atoms with E-state index in [-0.39, 0.29) is 42.7 Å². The van der Waals surface area contributed by atoms with Crippen molar-refractivity contribution >= 4 is 44.6 Å². The average molecular weight is 1070 g/mol. The summed E-state index contributed by atoms with van der Waals surface area (Å²) in [5.41, 5.74) is 13.1. The molecule has 0 radical (unpaired) electrons. The summed E-state index contributed by atoms with van der Waals surface area (Å²) in [7, 11) is 0. The van der Waals surface area contributed by atoms with Crippen molar-refractivity contribution in [3.63, 3.8) is 0 Å². The topological polar surface area (TPSA) is 33.5 Å². The molecule has 10 rings (SSSR count). The number of para-hydroxylation sites is 2. The van der Waals surface area contributed by atoms with Crippen molar-refractivity contribution in [2.75, 3.05) is 9.80 Å². The number of fused-ring (bicyclic) bond motifs is 4. The number of hydrogen-bond acceptors (Lipinski definition) is 4. The van der Waals surface area contributed by atoms with Gasteiger partial charge in [0.1, 0.15) is 5.82 Å². The fraction of sp³-hybridized carbons (Fsp3) is 0.226. The molecule has 0 N–H and O–H groups in total. The molecule has 0 amide bonds. The fourth-order valence-corrected chi connectivity index (χ4v) is 9.47. The van der Waals surface area contributed by atoms with Gasteiger partial charge in [-0.2, -0.15) is 12.1 Å². The molecule has 2 aromatic heterocycles. The Morgan fingerprint density at radius 2 is 1.06 bits per heavy atom. The van der Waals surface area contributed by atoms with E-state index in [0.717, 1.165) is 50.4 Å². The number of ether oxygens (including phenoxy) is 1. The first kappa shape index (κ1) is 46.7. The van der Waals surface area contributed by atoms with Crippen LogP contribution in [0.25, 0.3) is 27.6 Å². The van der Waals surface area contributed by atoms with Gasteiger partial charge < -0.3 is 19.1 Å². The van der Waals surface area contributed by atoms with Crippen LogP contribution < -0.4 is 14.5 Å². The van der Waals surface area contributed by atoms with Gasteiger partial charge in [0, 0.05) is 72.2 Å². The zero-order valence-electron chi connectivity index (χ0n) is 40.8. The Balaban J connectivity index is 0.00000578. The molecule has 6 heteroatoms. The molecule has 1 aliphatic rings. The number of anilines is 4. The van der Waals surface area contributed by atoms with Crippen LogP contribution in [0.15, 0.2) is 170 Å². The van der Waals surface area contributed by atoms with E-state index < -0.39 is 0 Å². The van der Waals surface area contributed by atoms with E-state index in [1.165, 1.54) is 33.4 Å². The summed E-state index contributed by atoms with van der Waals surface area (Å²) in [6.07, 6.45) is 1.92. The van der Waals surface area contributed by atoms with Crippen LogP contribution in [0.5, 0.6) is 11.5 Å². The first-order chi connectivity index (χ1) is 32.0. The van der Waals surface area contributed by atoms with Gasteiger partial charge in [0.25, 0.3) is 0 Å². The maximum absolute atomic E-state index is 6.74. The molecular formula is C62H59N4OPt-3. The number of benzene rings is 7. The van der Waals surface area contributed by atoms with Crippen molar-refractivity contribution < 1.29 is 25.8 Å². The van der Waals surface area contributed by atoms with E-state index in [9.17, 15) is 0 Å². The number of hydrogen-bond donors (Lipinski definition) is 0. The molecule has 3 heterocycles. The largest absolute Gasteiger partial charge is 0.509 e. The number of rotatable bonds is 9.